The van der Waals surface area contributed by atoms with Crippen molar-refractivity contribution in [1.29, 1.82) is 0 Å². The summed E-state index contributed by atoms with van der Waals surface area (Å²) in [4.78, 5) is 40.3. The highest BCUT2D eigenvalue weighted by atomic mass is 35.5. The van der Waals surface area contributed by atoms with E-state index >= 15 is 0 Å². The van der Waals surface area contributed by atoms with Gasteiger partial charge < -0.3 is 9.88 Å². The lowest BCUT2D eigenvalue weighted by Gasteiger charge is -2.10. The summed E-state index contributed by atoms with van der Waals surface area (Å²) in [5.74, 6) is -1.17. The molecule has 3 N–H and O–H groups in total. The van der Waals surface area contributed by atoms with E-state index in [2.05, 4.69) is 21.2 Å². The summed E-state index contributed by atoms with van der Waals surface area (Å²) in [5, 5.41) is 3.25. The second kappa shape index (κ2) is 9.52. The van der Waals surface area contributed by atoms with Crippen molar-refractivity contribution in [3.05, 3.63) is 83.4 Å². The Labute approximate surface area is 171 Å². The number of imidazole rings is 1. The number of benzene rings is 2. The molecule has 0 unspecified atom stereocenters. The number of hydrogen-bond donors (Lipinski definition) is 3. The number of carbonyl (C=O) groups excluding carboxylic acids is 3. The van der Waals surface area contributed by atoms with Gasteiger partial charge in [-0.3, -0.25) is 25.2 Å². The first-order valence-corrected chi connectivity index (χ1v) is 9.11. The minimum absolute atomic E-state index is 0.188. The smallest absolute Gasteiger partial charge is 0.269 e. The normalized spacial score (nSPS) is 10.2. The molecule has 0 bridgehead atoms. The van der Waals surface area contributed by atoms with Gasteiger partial charge in [0, 0.05) is 47.2 Å². The van der Waals surface area contributed by atoms with Crippen LogP contribution in [0.1, 0.15) is 27.1 Å². The molecular weight excluding hydrogens is 394 g/mol. The summed E-state index contributed by atoms with van der Waals surface area (Å²) in [6, 6.07) is 12.7. The highest BCUT2D eigenvalue weighted by Crippen LogP contribution is 2.12. The molecule has 0 fully saturated rings. The van der Waals surface area contributed by atoms with E-state index in [1.165, 1.54) is 6.07 Å². The molecular formula is C20H18ClN5O3. The molecule has 1 heterocycles. The summed E-state index contributed by atoms with van der Waals surface area (Å²) in [5.41, 5.74) is 5.80. The third-order valence-electron chi connectivity index (χ3n) is 3.96. The zero-order chi connectivity index (χ0) is 20.6. The van der Waals surface area contributed by atoms with Gasteiger partial charge in [0.15, 0.2) is 0 Å². The Morgan fingerprint density at radius 1 is 0.966 bits per heavy atom. The van der Waals surface area contributed by atoms with E-state index in [1.807, 2.05) is 0 Å². The Hall–Kier alpha value is -3.65. The zero-order valence-corrected chi connectivity index (χ0v) is 16.0. The molecule has 0 spiro atoms. The summed E-state index contributed by atoms with van der Waals surface area (Å²) < 4.78 is 1.80. The zero-order valence-electron chi connectivity index (χ0n) is 15.3. The molecule has 3 aromatic rings. The summed E-state index contributed by atoms with van der Waals surface area (Å²) >= 11 is 5.79. The third-order valence-corrected chi connectivity index (χ3v) is 4.21. The largest absolute Gasteiger partial charge is 0.337 e. The van der Waals surface area contributed by atoms with Gasteiger partial charge in [-0.25, -0.2) is 4.98 Å². The van der Waals surface area contributed by atoms with Gasteiger partial charge in [-0.1, -0.05) is 17.7 Å². The van der Waals surface area contributed by atoms with Crippen LogP contribution in [-0.4, -0.2) is 27.3 Å². The number of hydrazine groups is 1. The molecule has 0 aliphatic carbocycles. The Morgan fingerprint density at radius 3 is 2.38 bits per heavy atom. The quantitative estimate of drug-likeness (QED) is 0.542. The van der Waals surface area contributed by atoms with E-state index in [4.69, 9.17) is 11.6 Å². The van der Waals surface area contributed by atoms with Crippen LogP contribution < -0.4 is 16.2 Å². The van der Waals surface area contributed by atoms with Crippen molar-refractivity contribution in [2.24, 2.45) is 0 Å². The van der Waals surface area contributed by atoms with Gasteiger partial charge >= 0.3 is 0 Å². The third kappa shape index (κ3) is 5.91. The summed E-state index contributed by atoms with van der Waals surface area (Å²) in [7, 11) is 0. The molecule has 0 atom stereocenters. The van der Waals surface area contributed by atoms with Gasteiger partial charge in [0.2, 0.25) is 5.91 Å². The van der Waals surface area contributed by atoms with Gasteiger partial charge in [0.05, 0.1) is 6.33 Å². The number of aryl methyl sites for hydroxylation is 1. The SMILES string of the molecule is O=C(CCn1ccnc1)Nc1cccc(C(=O)NNC(=O)c2ccc(Cl)cc2)c1. The fraction of sp³-hybridized carbons (Fsp3) is 0.100. The number of halogens is 1. The van der Waals surface area contributed by atoms with Gasteiger partial charge in [0.1, 0.15) is 0 Å². The van der Waals surface area contributed by atoms with E-state index < -0.39 is 11.8 Å². The molecule has 29 heavy (non-hydrogen) atoms. The van der Waals surface area contributed by atoms with Crippen LogP contribution in [0.15, 0.2) is 67.3 Å². The number of hydrogen-bond acceptors (Lipinski definition) is 4. The Kier molecular flexibility index (Phi) is 6.59. The lowest BCUT2D eigenvalue weighted by molar-refractivity contribution is -0.116. The molecule has 8 nitrogen and oxygen atoms in total. The van der Waals surface area contributed by atoms with Crippen molar-refractivity contribution < 1.29 is 14.4 Å². The van der Waals surface area contributed by atoms with E-state index in [-0.39, 0.29) is 17.9 Å². The Morgan fingerprint density at radius 2 is 1.69 bits per heavy atom. The van der Waals surface area contributed by atoms with Crippen molar-refractivity contribution in [3.8, 4) is 0 Å². The fourth-order valence-corrected chi connectivity index (χ4v) is 2.60. The first-order valence-electron chi connectivity index (χ1n) is 8.73. The van der Waals surface area contributed by atoms with Crippen LogP contribution >= 0.6 is 11.6 Å². The molecule has 0 aliphatic rings. The van der Waals surface area contributed by atoms with Crippen LogP contribution in [0.25, 0.3) is 0 Å². The minimum atomic E-state index is -0.512. The molecule has 3 amide bonds. The molecule has 1 aromatic heterocycles. The maximum Gasteiger partial charge on any atom is 0.269 e. The predicted molar refractivity (Wildman–Crippen MR) is 108 cm³/mol. The number of nitrogens with zero attached hydrogens (tertiary/aromatic N) is 2. The van der Waals surface area contributed by atoms with Crippen molar-refractivity contribution in [2.75, 3.05) is 5.32 Å². The summed E-state index contributed by atoms with van der Waals surface area (Å²) in [6.45, 7) is 0.503. The molecule has 0 radical (unpaired) electrons. The van der Waals surface area contributed by atoms with Gasteiger partial charge in [0.25, 0.3) is 11.8 Å². The molecule has 0 saturated heterocycles. The van der Waals surface area contributed by atoms with E-state index in [1.54, 1.807) is 65.8 Å². The topological polar surface area (TPSA) is 105 Å². The first kappa shape index (κ1) is 20.1. The monoisotopic (exact) mass is 411 g/mol. The van der Waals surface area contributed by atoms with Crippen molar-refractivity contribution in [2.45, 2.75) is 13.0 Å². The second-order valence-electron chi connectivity index (χ2n) is 6.09. The highest BCUT2D eigenvalue weighted by molar-refractivity contribution is 6.30. The van der Waals surface area contributed by atoms with Crippen molar-refractivity contribution in [1.82, 2.24) is 20.4 Å². The molecule has 0 saturated carbocycles. The highest BCUT2D eigenvalue weighted by Gasteiger charge is 2.10. The molecule has 9 heteroatoms. The molecule has 2 aromatic carbocycles. The minimum Gasteiger partial charge on any atom is -0.337 e. The Balaban J connectivity index is 1.52. The fourth-order valence-electron chi connectivity index (χ4n) is 2.47. The maximum atomic E-state index is 12.3. The van der Waals surface area contributed by atoms with Gasteiger partial charge in [-0.2, -0.15) is 0 Å². The van der Waals surface area contributed by atoms with Gasteiger partial charge in [-0.05, 0) is 42.5 Å². The van der Waals surface area contributed by atoms with Crippen LogP contribution in [0.3, 0.4) is 0 Å². The summed E-state index contributed by atoms with van der Waals surface area (Å²) in [6.07, 6.45) is 5.32. The average Bonchev–Trinajstić information content (AvgIpc) is 3.25. The van der Waals surface area contributed by atoms with E-state index in [0.717, 1.165) is 0 Å². The lowest BCUT2D eigenvalue weighted by Crippen LogP contribution is -2.41. The van der Waals surface area contributed by atoms with Crippen molar-refractivity contribution >= 4 is 35.0 Å². The molecule has 3 rings (SSSR count). The number of carbonyl (C=O) groups is 3. The Bertz CT molecular complexity index is 1000. The standard InChI is InChI=1S/C20H18ClN5O3/c21-16-6-4-14(5-7-16)19(28)24-25-20(29)15-2-1-3-17(12-15)23-18(27)8-10-26-11-9-22-13-26/h1-7,9,11-13H,8,10H2,(H,23,27)(H,24,28)(H,25,29). The van der Waals surface area contributed by atoms with Crippen LogP contribution in [0.4, 0.5) is 5.69 Å². The number of rotatable bonds is 6. The van der Waals surface area contributed by atoms with Crippen LogP contribution in [0.5, 0.6) is 0 Å². The van der Waals surface area contributed by atoms with Crippen LogP contribution in [-0.2, 0) is 11.3 Å². The first-order chi connectivity index (χ1) is 14.0. The lowest BCUT2D eigenvalue weighted by atomic mass is 10.2. The van der Waals surface area contributed by atoms with Crippen molar-refractivity contribution in [3.63, 3.8) is 0 Å². The number of anilines is 1. The second-order valence-corrected chi connectivity index (χ2v) is 6.53. The van der Waals surface area contributed by atoms with E-state index in [0.29, 0.717) is 22.8 Å². The molecule has 0 aliphatic heterocycles. The van der Waals surface area contributed by atoms with Crippen LogP contribution in [0, 0.1) is 0 Å². The van der Waals surface area contributed by atoms with E-state index in [9.17, 15) is 14.4 Å². The number of nitrogens with one attached hydrogen (secondary N) is 3. The maximum absolute atomic E-state index is 12.3. The van der Waals surface area contributed by atoms with Gasteiger partial charge in [-0.15, -0.1) is 0 Å². The average molecular weight is 412 g/mol. The molecule has 148 valence electrons. The predicted octanol–water partition coefficient (Wildman–Crippen LogP) is 2.64. The van der Waals surface area contributed by atoms with Crippen LogP contribution in [0.2, 0.25) is 5.02 Å². The number of amides is 3. The number of aromatic nitrogens is 2.